The Morgan fingerprint density at radius 2 is 1.89 bits per heavy atom. The topological polar surface area (TPSA) is 88.8 Å². The molecule has 6 nitrogen and oxygen atoms in total. The van der Waals surface area contributed by atoms with Crippen molar-refractivity contribution in [1.82, 2.24) is 15.0 Å². The highest BCUT2D eigenvalue weighted by Crippen LogP contribution is 2.29. The monoisotopic (exact) mass is 278 g/mol. The van der Waals surface area contributed by atoms with Crippen molar-refractivity contribution < 1.29 is 0 Å². The fourth-order valence-electron chi connectivity index (χ4n) is 1.77. The Bertz CT molecular complexity index is 564. The van der Waals surface area contributed by atoms with Crippen LogP contribution >= 0.6 is 11.3 Å². The highest BCUT2D eigenvalue weighted by Gasteiger charge is 2.25. The molecule has 0 saturated carbocycles. The van der Waals surface area contributed by atoms with Crippen molar-refractivity contribution in [3.8, 4) is 0 Å². The zero-order chi connectivity index (χ0) is 14.0. The van der Waals surface area contributed by atoms with Crippen molar-refractivity contribution in [3.05, 3.63) is 28.0 Å². The predicted molar refractivity (Wildman–Crippen MR) is 78.1 cm³/mol. The van der Waals surface area contributed by atoms with Crippen molar-refractivity contribution in [2.24, 2.45) is 5.84 Å². The van der Waals surface area contributed by atoms with Gasteiger partial charge in [0, 0.05) is 17.1 Å². The fraction of sp³-hybridized carbons (Fsp3) is 0.417. The number of nitrogens with zero attached hydrogens (tertiary/aromatic N) is 3. The van der Waals surface area contributed by atoms with Gasteiger partial charge in [-0.1, -0.05) is 0 Å². The van der Waals surface area contributed by atoms with E-state index in [1.54, 1.807) is 17.5 Å². The molecule has 2 aromatic heterocycles. The molecule has 0 saturated heterocycles. The van der Waals surface area contributed by atoms with Crippen molar-refractivity contribution in [2.45, 2.75) is 33.2 Å². The maximum atomic E-state index is 5.47. The Morgan fingerprint density at radius 3 is 2.47 bits per heavy atom. The van der Waals surface area contributed by atoms with E-state index in [0.717, 1.165) is 16.4 Å². The van der Waals surface area contributed by atoms with Crippen molar-refractivity contribution in [3.63, 3.8) is 0 Å². The van der Waals surface area contributed by atoms with Crippen LogP contribution in [0.25, 0.3) is 0 Å². The molecule has 4 N–H and O–H groups in total. The smallest absolute Gasteiger partial charge is 0.148 e. The van der Waals surface area contributed by atoms with Crippen LogP contribution in [0.2, 0.25) is 0 Å². The lowest BCUT2D eigenvalue weighted by Crippen LogP contribution is -2.29. The molecular weight excluding hydrogens is 260 g/mol. The van der Waals surface area contributed by atoms with Crippen LogP contribution in [0.3, 0.4) is 0 Å². The molecule has 0 aliphatic rings. The van der Waals surface area contributed by atoms with E-state index in [1.165, 1.54) is 0 Å². The van der Waals surface area contributed by atoms with E-state index in [0.29, 0.717) is 11.6 Å². The van der Waals surface area contributed by atoms with Crippen LogP contribution in [-0.2, 0) is 5.54 Å². The van der Waals surface area contributed by atoms with Gasteiger partial charge in [-0.2, -0.15) is 0 Å². The molecule has 2 rings (SSSR count). The summed E-state index contributed by atoms with van der Waals surface area (Å²) in [4.78, 5) is 13.0. The normalized spacial score (nSPS) is 11.4. The summed E-state index contributed by atoms with van der Waals surface area (Å²) < 4.78 is 0. The van der Waals surface area contributed by atoms with Crippen molar-refractivity contribution >= 4 is 23.0 Å². The molecule has 0 aliphatic heterocycles. The van der Waals surface area contributed by atoms with Gasteiger partial charge in [-0.05, 0) is 27.7 Å². The summed E-state index contributed by atoms with van der Waals surface area (Å²) in [6, 6.07) is 0. The van der Waals surface area contributed by atoms with Gasteiger partial charge in [-0.25, -0.2) is 20.8 Å². The lowest BCUT2D eigenvalue weighted by molar-refractivity contribution is 0.599. The van der Waals surface area contributed by atoms with E-state index in [-0.39, 0.29) is 5.54 Å². The van der Waals surface area contributed by atoms with Gasteiger partial charge in [0.1, 0.15) is 22.5 Å². The molecule has 0 amide bonds. The van der Waals surface area contributed by atoms with Gasteiger partial charge in [-0.15, -0.1) is 11.3 Å². The molecular formula is C12H18N6S. The summed E-state index contributed by atoms with van der Waals surface area (Å²) in [5.41, 5.74) is 3.18. The molecule has 0 spiro atoms. The molecule has 0 bridgehead atoms. The maximum absolute atomic E-state index is 5.47. The number of nitrogens with one attached hydrogen (secondary N) is 2. The molecule has 0 aromatic carbocycles. The highest BCUT2D eigenvalue weighted by molar-refractivity contribution is 7.09. The van der Waals surface area contributed by atoms with Gasteiger partial charge in [0.25, 0.3) is 0 Å². The lowest BCUT2D eigenvalue weighted by atomic mass is 10.1. The van der Waals surface area contributed by atoms with E-state index in [4.69, 9.17) is 5.84 Å². The van der Waals surface area contributed by atoms with Crippen LogP contribution in [0.1, 0.15) is 30.2 Å². The molecule has 2 heterocycles. The number of anilines is 2. The first-order valence-electron chi connectivity index (χ1n) is 5.94. The molecule has 0 radical (unpaired) electrons. The minimum atomic E-state index is -0.300. The Balaban J connectivity index is 2.36. The van der Waals surface area contributed by atoms with E-state index < -0.39 is 0 Å². The minimum Gasteiger partial charge on any atom is -0.358 e. The van der Waals surface area contributed by atoms with E-state index >= 15 is 0 Å². The third-order valence-electron chi connectivity index (χ3n) is 2.79. The Kier molecular flexibility index (Phi) is 3.68. The number of aromatic nitrogens is 3. The molecule has 0 atom stereocenters. The predicted octanol–water partition coefficient (Wildman–Crippen LogP) is 2.18. The highest BCUT2D eigenvalue weighted by atomic mass is 32.1. The second-order valence-electron chi connectivity index (χ2n) is 4.82. The average Bonchev–Trinajstić information content (AvgIpc) is 2.87. The molecule has 2 aromatic rings. The van der Waals surface area contributed by atoms with Crippen LogP contribution in [-0.4, -0.2) is 15.0 Å². The Hall–Kier alpha value is -1.73. The van der Waals surface area contributed by atoms with Crippen LogP contribution in [0.4, 0.5) is 11.6 Å². The van der Waals surface area contributed by atoms with Gasteiger partial charge in [0.15, 0.2) is 0 Å². The zero-order valence-corrected chi connectivity index (χ0v) is 12.3. The first kappa shape index (κ1) is 13.7. The number of hydrogen-bond donors (Lipinski definition) is 3. The van der Waals surface area contributed by atoms with Crippen LogP contribution < -0.4 is 16.6 Å². The van der Waals surface area contributed by atoms with Gasteiger partial charge in [0.05, 0.1) is 5.54 Å². The lowest BCUT2D eigenvalue weighted by Gasteiger charge is -2.26. The van der Waals surface area contributed by atoms with Crippen LogP contribution in [0.15, 0.2) is 11.6 Å². The van der Waals surface area contributed by atoms with Gasteiger partial charge in [0.2, 0.25) is 0 Å². The number of thiazole rings is 1. The number of hydrogen-bond acceptors (Lipinski definition) is 7. The average molecular weight is 278 g/mol. The summed E-state index contributed by atoms with van der Waals surface area (Å²) in [5.74, 6) is 7.53. The molecule has 19 heavy (non-hydrogen) atoms. The Morgan fingerprint density at radius 1 is 1.21 bits per heavy atom. The third kappa shape index (κ3) is 2.82. The zero-order valence-electron chi connectivity index (χ0n) is 11.5. The minimum absolute atomic E-state index is 0.300. The van der Waals surface area contributed by atoms with Crippen molar-refractivity contribution in [1.29, 1.82) is 0 Å². The Labute approximate surface area is 116 Å². The number of rotatable bonds is 4. The first-order chi connectivity index (χ1) is 8.94. The van der Waals surface area contributed by atoms with Gasteiger partial charge in [-0.3, -0.25) is 0 Å². The molecule has 102 valence electrons. The van der Waals surface area contributed by atoms with Gasteiger partial charge >= 0.3 is 0 Å². The molecule has 0 fully saturated rings. The summed E-state index contributed by atoms with van der Waals surface area (Å²) in [6.45, 7) is 7.90. The molecule has 0 aliphatic carbocycles. The van der Waals surface area contributed by atoms with Crippen LogP contribution in [0, 0.1) is 13.8 Å². The summed E-state index contributed by atoms with van der Waals surface area (Å²) in [7, 11) is 0. The van der Waals surface area contributed by atoms with E-state index in [1.807, 2.05) is 19.2 Å². The standard InChI is InChI=1S/C12H18N6S/c1-7-9(15-8(2)16-10(7)18-13)17-12(3,4)11-14-5-6-19-11/h5-6H,13H2,1-4H3,(H2,15,16,17,18). The summed E-state index contributed by atoms with van der Waals surface area (Å²) in [6.07, 6.45) is 1.80. The number of aryl methyl sites for hydroxylation is 1. The largest absolute Gasteiger partial charge is 0.358 e. The third-order valence-corrected chi connectivity index (χ3v) is 3.89. The van der Waals surface area contributed by atoms with Gasteiger partial charge < -0.3 is 10.7 Å². The number of nitrogen functional groups attached to an aromatic ring is 1. The quantitative estimate of drug-likeness (QED) is 0.587. The second-order valence-corrected chi connectivity index (χ2v) is 5.72. The van der Waals surface area contributed by atoms with Crippen LogP contribution in [0.5, 0.6) is 0 Å². The summed E-state index contributed by atoms with van der Waals surface area (Å²) in [5, 5.41) is 6.37. The summed E-state index contributed by atoms with van der Waals surface area (Å²) >= 11 is 1.61. The second kappa shape index (κ2) is 5.10. The number of hydrazine groups is 1. The first-order valence-corrected chi connectivity index (χ1v) is 6.82. The van der Waals surface area contributed by atoms with Crippen molar-refractivity contribution in [2.75, 3.05) is 10.7 Å². The SMILES string of the molecule is Cc1nc(NN)c(C)c(NC(C)(C)c2nccs2)n1. The van der Waals surface area contributed by atoms with E-state index in [2.05, 4.69) is 39.5 Å². The fourth-order valence-corrected chi connectivity index (χ4v) is 2.49. The maximum Gasteiger partial charge on any atom is 0.148 e. The number of nitrogens with two attached hydrogens (primary N) is 1. The molecule has 7 heteroatoms. The molecule has 0 unspecified atom stereocenters. The van der Waals surface area contributed by atoms with E-state index in [9.17, 15) is 0 Å².